The minimum atomic E-state index is -0.761. The third-order valence-electron chi connectivity index (χ3n) is 3.59. The zero-order valence-electron chi connectivity index (χ0n) is 14.4. The normalized spacial score (nSPS) is 10.8. The van der Waals surface area contributed by atoms with Crippen molar-refractivity contribution in [3.63, 3.8) is 0 Å². The summed E-state index contributed by atoms with van der Waals surface area (Å²) < 4.78 is 20.6. The van der Waals surface area contributed by atoms with Gasteiger partial charge >= 0.3 is 6.16 Å². The number of benzene rings is 2. The van der Waals surface area contributed by atoms with Crippen LogP contribution in [0.1, 0.15) is 11.4 Å². The molecule has 26 heavy (non-hydrogen) atoms. The Morgan fingerprint density at radius 1 is 1.04 bits per heavy atom. The predicted molar refractivity (Wildman–Crippen MR) is 94.9 cm³/mol. The molecule has 0 radical (unpaired) electrons. The molecule has 0 bridgehead atoms. The maximum Gasteiger partial charge on any atom is 0.513 e. The maximum absolute atomic E-state index is 11.1. The van der Waals surface area contributed by atoms with Crippen molar-refractivity contribution in [3.8, 4) is 5.75 Å². The molecule has 0 aliphatic carbocycles. The Bertz CT molecular complexity index is 848. The van der Waals surface area contributed by atoms with Crippen molar-refractivity contribution in [1.29, 1.82) is 0 Å². The number of fused-ring (bicyclic) bond motifs is 1. The molecule has 7 nitrogen and oxygen atoms in total. The highest BCUT2D eigenvalue weighted by Gasteiger charge is 2.08. The Kier molecular flexibility index (Phi) is 6.19. The second kappa shape index (κ2) is 8.98. The molecule has 0 unspecified atom stereocenters. The summed E-state index contributed by atoms with van der Waals surface area (Å²) >= 11 is 0. The van der Waals surface area contributed by atoms with Gasteiger partial charge in [0.2, 0.25) is 0 Å². The topological polar surface area (TPSA) is 82.7 Å². The number of H-pyrrole nitrogens is 1. The molecule has 1 N–H and O–H groups in total. The van der Waals surface area contributed by atoms with Gasteiger partial charge in [-0.05, 0) is 17.7 Å². The predicted octanol–water partition coefficient (Wildman–Crippen LogP) is 3.44. The third-order valence-corrected chi connectivity index (χ3v) is 3.59. The number of nitrogens with one attached hydrogen (secondary N) is 1. The number of hydrogen-bond acceptors (Lipinski definition) is 6. The number of methoxy groups -OCH3 is 1. The van der Waals surface area contributed by atoms with Crippen molar-refractivity contribution >= 4 is 17.2 Å². The van der Waals surface area contributed by atoms with Gasteiger partial charge < -0.3 is 23.9 Å². The van der Waals surface area contributed by atoms with Crippen LogP contribution in [0.5, 0.6) is 5.75 Å². The molecule has 2 aromatic carbocycles. The van der Waals surface area contributed by atoms with Crippen LogP contribution in [0.25, 0.3) is 11.0 Å². The van der Waals surface area contributed by atoms with Gasteiger partial charge in [0.25, 0.3) is 0 Å². The molecule has 0 amide bonds. The lowest BCUT2D eigenvalue weighted by atomic mass is 10.2. The van der Waals surface area contributed by atoms with Crippen LogP contribution in [0.2, 0.25) is 0 Å². The van der Waals surface area contributed by atoms with E-state index >= 15 is 0 Å². The molecule has 1 heterocycles. The largest absolute Gasteiger partial charge is 0.513 e. The van der Waals surface area contributed by atoms with Crippen molar-refractivity contribution in [1.82, 2.24) is 9.97 Å². The van der Waals surface area contributed by atoms with E-state index in [1.165, 1.54) is 7.11 Å². The molecular weight excluding hydrogens is 336 g/mol. The molecule has 3 aromatic rings. The van der Waals surface area contributed by atoms with E-state index in [4.69, 9.17) is 14.2 Å². The van der Waals surface area contributed by atoms with Crippen LogP contribution in [0.3, 0.4) is 0 Å². The van der Waals surface area contributed by atoms with Gasteiger partial charge in [0, 0.05) is 6.07 Å². The minimum absolute atomic E-state index is 0.344. The zero-order chi connectivity index (χ0) is 18.2. The second-order valence-electron chi connectivity index (χ2n) is 5.51. The SMILES string of the molecule is COC(=O)Oc1ccc2nc(COCCOCc3ccccc3)[nH]c2c1. The van der Waals surface area contributed by atoms with Crippen LogP contribution in [0, 0.1) is 0 Å². The number of aromatic amines is 1. The molecule has 0 saturated carbocycles. The monoisotopic (exact) mass is 356 g/mol. The van der Waals surface area contributed by atoms with Crippen LogP contribution in [0.15, 0.2) is 48.5 Å². The van der Waals surface area contributed by atoms with E-state index in [1.807, 2.05) is 30.3 Å². The molecule has 0 fully saturated rings. The summed E-state index contributed by atoms with van der Waals surface area (Å²) in [5.41, 5.74) is 2.65. The Morgan fingerprint density at radius 2 is 1.81 bits per heavy atom. The first-order chi connectivity index (χ1) is 12.7. The average molecular weight is 356 g/mol. The number of rotatable bonds is 8. The quantitative estimate of drug-likeness (QED) is 0.378. The van der Waals surface area contributed by atoms with Crippen LogP contribution in [-0.4, -0.2) is 36.4 Å². The fourth-order valence-electron chi connectivity index (χ4n) is 2.36. The Hall–Kier alpha value is -2.90. The Morgan fingerprint density at radius 3 is 2.58 bits per heavy atom. The van der Waals surface area contributed by atoms with E-state index in [1.54, 1.807) is 18.2 Å². The van der Waals surface area contributed by atoms with E-state index in [0.29, 0.717) is 38.0 Å². The molecule has 3 rings (SSSR count). The van der Waals surface area contributed by atoms with Gasteiger partial charge in [0.05, 0.1) is 38.0 Å². The lowest BCUT2D eigenvalue weighted by Gasteiger charge is -2.04. The van der Waals surface area contributed by atoms with Crippen LogP contribution in [-0.2, 0) is 27.4 Å². The number of imidazole rings is 1. The molecule has 0 spiro atoms. The number of carbonyl (C=O) groups is 1. The first kappa shape index (κ1) is 17.9. The van der Waals surface area contributed by atoms with E-state index in [2.05, 4.69) is 14.7 Å². The van der Waals surface area contributed by atoms with Gasteiger partial charge in [-0.15, -0.1) is 0 Å². The number of hydrogen-bond donors (Lipinski definition) is 1. The highest BCUT2D eigenvalue weighted by atomic mass is 16.7. The van der Waals surface area contributed by atoms with Crippen LogP contribution in [0.4, 0.5) is 4.79 Å². The zero-order valence-corrected chi connectivity index (χ0v) is 14.4. The number of carbonyl (C=O) groups excluding carboxylic acids is 1. The summed E-state index contributed by atoms with van der Waals surface area (Å²) in [4.78, 5) is 18.7. The smallest absolute Gasteiger partial charge is 0.437 e. The number of ether oxygens (including phenoxy) is 4. The van der Waals surface area contributed by atoms with Gasteiger partial charge in [-0.25, -0.2) is 9.78 Å². The van der Waals surface area contributed by atoms with Gasteiger partial charge in [0.15, 0.2) is 0 Å². The fourth-order valence-corrected chi connectivity index (χ4v) is 2.36. The molecular formula is C19H20N2O5. The summed E-state index contributed by atoms with van der Waals surface area (Å²) in [6.45, 7) is 1.89. The molecule has 0 saturated heterocycles. The molecule has 0 aliphatic rings. The first-order valence-corrected chi connectivity index (χ1v) is 8.18. The maximum atomic E-state index is 11.1. The van der Waals surface area contributed by atoms with Crippen molar-refractivity contribution < 1.29 is 23.7 Å². The molecule has 0 aliphatic heterocycles. The summed E-state index contributed by atoms with van der Waals surface area (Å²) in [5.74, 6) is 1.08. The van der Waals surface area contributed by atoms with Crippen LogP contribution < -0.4 is 4.74 Å². The summed E-state index contributed by atoms with van der Waals surface area (Å²) in [6, 6.07) is 15.1. The summed E-state index contributed by atoms with van der Waals surface area (Å²) in [7, 11) is 1.26. The lowest BCUT2D eigenvalue weighted by Crippen LogP contribution is -2.06. The van der Waals surface area contributed by atoms with Gasteiger partial charge in [-0.1, -0.05) is 30.3 Å². The standard InChI is InChI=1S/C19H20N2O5/c1-23-19(22)26-15-7-8-16-17(11-15)21-18(20-16)13-25-10-9-24-12-14-5-3-2-4-6-14/h2-8,11H,9-10,12-13H2,1H3,(H,20,21). The summed E-state index contributed by atoms with van der Waals surface area (Å²) in [6.07, 6.45) is -0.761. The van der Waals surface area contributed by atoms with Gasteiger partial charge in [-0.3, -0.25) is 0 Å². The summed E-state index contributed by atoms with van der Waals surface area (Å²) in [5, 5.41) is 0. The van der Waals surface area contributed by atoms with E-state index < -0.39 is 6.16 Å². The van der Waals surface area contributed by atoms with E-state index in [9.17, 15) is 4.79 Å². The fraction of sp³-hybridized carbons (Fsp3) is 0.263. The first-order valence-electron chi connectivity index (χ1n) is 8.18. The Balaban J connectivity index is 1.43. The minimum Gasteiger partial charge on any atom is -0.437 e. The second-order valence-corrected chi connectivity index (χ2v) is 5.51. The third kappa shape index (κ3) is 5.05. The highest BCUT2D eigenvalue weighted by molar-refractivity contribution is 5.77. The number of nitrogens with zero attached hydrogens (tertiary/aromatic N) is 1. The lowest BCUT2D eigenvalue weighted by molar-refractivity contribution is 0.0320. The van der Waals surface area contributed by atoms with Gasteiger partial charge in [-0.2, -0.15) is 0 Å². The average Bonchev–Trinajstić information content (AvgIpc) is 3.07. The molecule has 7 heteroatoms. The van der Waals surface area contributed by atoms with Gasteiger partial charge in [0.1, 0.15) is 18.2 Å². The van der Waals surface area contributed by atoms with Crippen LogP contribution >= 0.6 is 0 Å². The number of aromatic nitrogens is 2. The molecule has 1 aromatic heterocycles. The molecule has 136 valence electrons. The van der Waals surface area contributed by atoms with Crippen molar-refractivity contribution in [2.24, 2.45) is 0 Å². The van der Waals surface area contributed by atoms with Crippen molar-refractivity contribution in [2.45, 2.75) is 13.2 Å². The Labute approximate surface area is 150 Å². The van der Waals surface area contributed by atoms with E-state index in [-0.39, 0.29) is 0 Å². The van der Waals surface area contributed by atoms with Crippen molar-refractivity contribution in [2.75, 3.05) is 20.3 Å². The highest BCUT2D eigenvalue weighted by Crippen LogP contribution is 2.19. The molecule has 0 atom stereocenters. The van der Waals surface area contributed by atoms with Crippen molar-refractivity contribution in [3.05, 3.63) is 59.9 Å². The van der Waals surface area contributed by atoms with E-state index in [0.717, 1.165) is 16.6 Å².